The molecule has 1 N–H and O–H groups in total. The van der Waals surface area contributed by atoms with Gasteiger partial charge in [0.05, 0.1) is 11.2 Å². The summed E-state index contributed by atoms with van der Waals surface area (Å²) in [6.45, 7) is 7.10. The van der Waals surface area contributed by atoms with Crippen LogP contribution >= 0.6 is 0 Å². The van der Waals surface area contributed by atoms with E-state index >= 15 is 0 Å². The van der Waals surface area contributed by atoms with Gasteiger partial charge < -0.3 is 10.1 Å². The summed E-state index contributed by atoms with van der Waals surface area (Å²) in [4.78, 5) is 4.64. The van der Waals surface area contributed by atoms with E-state index in [1.165, 1.54) is 0 Å². The number of hydrogen-bond donors (Lipinski definition) is 1. The number of hydrogen-bond acceptors (Lipinski definition) is 3. The van der Waals surface area contributed by atoms with E-state index in [2.05, 4.69) is 37.1 Å². The zero-order valence-corrected chi connectivity index (χ0v) is 12.2. The molecule has 3 heteroatoms. The summed E-state index contributed by atoms with van der Waals surface area (Å²) < 4.78 is 6.18. The van der Waals surface area contributed by atoms with Gasteiger partial charge in [-0.1, -0.05) is 19.1 Å². The minimum Gasteiger partial charge on any atom is -0.487 e. The molecule has 1 aromatic carbocycles. The van der Waals surface area contributed by atoms with Crippen molar-refractivity contribution in [3.8, 4) is 5.75 Å². The zero-order chi connectivity index (χ0) is 13.9. The van der Waals surface area contributed by atoms with E-state index in [4.69, 9.17) is 4.74 Å². The summed E-state index contributed by atoms with van der Waals surface area (Å²) in [6.07, 6.45) is 0.963. The van der Waals surface area contributed by atoms with Gasteiger partial charge in [0.2, 0.25) is 0 Å². The van der Waals surface area contributed by atoms with Crippen LogP contribution in [0.15, 0.2) is 30.3 Å². The van der Waals surface area contributed by atoms with Gasteiger partial charge in [0.25, 0.3) is 0 Å². The number of benzene rings is 1. The molecule has 2 rings (SSSR count). The number of rotatable bonds is 5. The third kappa shape index (κ3) is 3.24. The van der Waals surface area contributed by atoms with Gasteiger partial charge in [-0.05, 0) is 39.4 Å². The molecule has 0 aliphatic heterocycles. The van der Waals surface area contributed by atoms with Gasteiger partial charge in [0.15, 0.2) is 0 Å². The second-order valence-electron chi connectivity index (χ2n) is 5.37. The molecule has 102 valence electrons. The second kappa shape index (κ2) is 5.57. The Kier molecular flexibility index (Phi) is 4.05. The molecule has 0 aliphatic carbocycles. The van der Waals surface area contributed by atoms with Crippen LogP contribution < -0.4 is 10.1 Å². The fourth-order valence-electron chi connectivity index (χ4n) is 1.92. The zero-order valence-electron chi connectivity index (χ0n) is 12.2. The van der Waals surface area contributed by atoms with Crippen LogP contribution in [0.4, 0.5) is 0 Å². The maximum Gasteiger partial charge on any atom is 0.131 e. The molecule has 0 unspecified atom stereocenters. The Morgan fingerprint density at radius 1 is 1.26 bits per heavy atom. The standard InChI is InChI=1S/C16H22N2O/c1-5-16(2,3)19-15-10-12(11-17-4)18-14-9-7-6-8-13(14)15/h6-10,17H,5,11H2,1-4H3. The van der Waals surface area contributed by atoms with Crippen molar-refractivity contribution in [2.24, 2.45) is 0 Å². The molecule has 0 fully saturated rings. The SMILES string of the molecule is CCC(C)(C)Oc1cc(CNC)nc2ccccc12. The smallest absolute Gasteiger partial charge is 0.131 e. The third-order valence-electron chi connectivity index (χ3n) is 3.33. The van der Waals surface area contributed by atoms with E-state index in [-0.39, 0.29) is 5.60 Å². The molecule has 0 aliphatic rings. The number of para-hydroxylation sites is 1. The lowest BCUT2D eigenvalue weighted by atomic mass is 10.1. The lowest BCUT2D eigenvalue weighted by molar-refractivity contribution is 0.107. The molecule has 2 aromatic rings. The molecular formula is C16H22N2O. The summed E-state index contributed by atoms with van der Waals surface area (Å²) in [5.41, 5.74) is 1.82. The lowest BCUT2D eigenvalue weighted by Gasteiger charge is -2.26. The van der Waals surface area contributed by atoms with Crippen molar-refractivity contribution in [1.29, 1.82) is 0 Å². The Morgan fingerprint density at radius 3 is 2.68 bits per heavy atom. The van der Waals surface area contributed by atoms with E-state index in [0.717, 1.165) is 35.3 Å². The van der Waals surface area contributed by atoms with Crippen molar-refractivity contribution in [3.63, 3.8) is 0 Å². The van der Waals surface area contributed by atoms with Gasteiger partial charge in [-0.2, -0.15) is 0 Å². The summed E-state index contributed by atoms with van der Waals surface area (Å²) in [5, 5.41) is 4.21. The summed E-state index contributed by atoms with van der Waals surface area (Å²) in [5.74, 6) is 0.919. The van der Waals surface area contributed by atoms with Crippen molar-refractivity contribution < 1.29 is 4.74 Å². The van der Waals surface area contributed by atoms with Crippen LogP contribution in [0.3, 0.4) is 0 Å². The Hall–Kier alpha value is -1.61. The highest BCUT2D eigenvalue weighted by molar-refractivity contribution is 5.85. The third-order valence-corrected chi connectivity index (χ3v) is 3.33. The Morgan fingerprint density at radius 2 is 2.00 bits per heavy atom. The Bertz CT molecular complexity index is 564. The highest BCUT2D eigenvalue weighted by atomic mass is 16.5. The molecule has 3 nitrogen and oxygen atoms in total. The molecule has 0 saturated carbocycles. The average molecular weight is 258 g/mol. The first-order valence-electron chi connectivity index (χ1n) is 6.78. The van der Waals surface area contributed by atoms with Crippen LogP contribution in [0.25, 0.3) is 10.9 Å². The van der Waals surface area contributed by atoms with Crippen LogP contribution in [0.1, 0.15) is 32.9 Å². The number of pyridine rings is 1. The molecule has 0 amide bonds. The molecule has 0 atom stereocenters. The van der Waals surface area contributed by atoms with Crippen LogP contribution in [-0.4, -0.2) is 17.6 Å². The first kappa shape index (κ1) is 13.8. The molecular weight excluding hydrogens is 236 g/mol. The minimum atomic E-state index is -0.166. The van der Waals surface area contributed by atoms with E-state index in [1.54, 1.807) is 0 Å². The fraction of sp³-hybridized carbons (Fsp3) is 0.438. The summed E-state index contributed by atoms with van der Waals surface area (Å²) >= 11 is 0. The van der Waals surface area contributed by atoms with Crippen molar-refractivity contribution in [3.05, 3.63) is 36.0 Å². The number of fused-ring (bicyclic) bond motifs is 1. The van der Waals surface area contributed by atoms with Gasteiger partial charge in [0, 0.05) is 18.0 Å². The molecule has 0 saturated heterocycles. The largest absolute Gasteiger partial charge is 0.487 e. The van der Waals surface area contributed by atoms with Crippen LogP contribution in [0, 0.1) is 0 Å². The molecule has 0 bridgehead atoms. The lowest BCUT2D eigenvalue weighted by Crippen LogP contribution is -2.27. The second-order valence-corrected chi connectivity index (χ2v) is 5.37. The molecule has 19 heavy (non-hydrogen) atoms. The van der Waals surface area contributed by atoms with Crippen molar-refractivity contribution >= 4 is 10.9 Å². The number of aromatic nitrogens is 1. The average Bonchev–Trinajstić information content (AvgIpc) is 2.39. The molecule has 1 heterocycles. The maximum atomic E-state index is 6.18. The van der Waals surface area contributed by atoms with Gasteiger partial charge in [-0.25, -0.2) is 0 Å². The van der Waals surface area contributed by atoms with Gasteiger partial charge in [-0.3, -0.25) is 4.98 Å². The first-order chi connectivity index (χ1) is 9.05. The molecule has 1 aromatic heterocycles. The first-order valence-corrected chi connectivity index (χ1v) is 6.78. The van der Waals surface area contributed by atoms with Crippen molar-refractivity contribution in [1.82, 2.24) is 10.3 Å². The number of nitrogens with zero attached hydrogens (tertiary/aromatic N) is 1. The monoisotopic (exact) mass is 258 g/mol. The number of ether oxygens (including phenoxy) is 1. The minimum absolute atomic E-state index is 0.166. The van der Waals surface area contributed by atoms with Crippen molar-refractivity contribution in [2.75, 3.05) is 7.05 Å². The predicted molar refractivity (Wildman–Crippen MR) is 79.5 cm³/mol. The predicted octanol–water partition coefficient (Wildman–Crippen LogP) is 3.52. The highest BCUT2D eigenvalue weighted by Gasteiger charge is 2.18. The Labute approximate surface area is 115 Å². The highest BCUT2D eigenvalue weighted by Crippen LogP contribution is 2.29. The molecule has 0 spiro atoms. The van der Waals surface area contributed by atoms with E-state index in [0.29, 0.717) is 0 Å². The quantitative estimate of drug-likeness (QED) is 0.891. The van der Waals surface area contributed by atoms with Crippen LogP contribution in [0.5, 0.6) is 5.75 Å². The van der Waals surface area contributed by atoms with Gasteiger partial charge in [-0.15, -0.1) is 0 Å². The molecule has 0 radical (unpaired) electrons. The van der Waals surface area contributed by atoms with E-state index in [1.807, 2.05) is 31.3 Å². The van der Waals surface area contributed by atoms with Crippen LogP contribution in [0.2, 0.25) is 0 Å². The Balaban J connectivity index is 2.50. The number of nitrogens with one attached hydrogen (secondary N) is 1. The van der Waals surface area contributed by atoms with E-state index < -0.39 is 0 Å². The maximum absolute atomic E-state index is 6.18. The normalized spacial score (nSPS) is 11.8. The summed E-state index contributed by atoms with van der Waals surface area (Å²) in [7, 11) is 1.92. The van der Waals surface area contributed by atoms with Gasteiger partial charge >= 0.3 is 0 Å². The topological polar surface area (TPSA) is 34.1 Å². The van der Waals surface area contributed by atoms with Gasteiger partial charge in [0.1, 0.15) is 11.4 Å². The van der Waals surface area contributed by atoms with Crippen molar-refractivity contribution in [2.45, 2.75) is 39.3 Å². The van der Waals surface area contributed by atoms with E-state index in [9.17, 15) is 0 Å². The summed E-state index contributed by atoms with van der Waals surface area (Å²) in [6, 6.07) is 10.2. The fourth-order valence-corrected chi connectivity index (χ4v) is 1.92. The van der Waals surface area contributed by atoms with Crippen LogP contribution in [-0.2, 0) is 6.54 Å².